The van der Waals surface area contributed by atoms with E-state index in [4.69, 9.17) is 17.0 Å². The zero-order valence-electron chi connectivity index (χ0n) is 10.6. The van der Waals surface area contributed by atoms with Gasteiger partial charge in [-0.25, -0.2) is 0 Å². The number of thiocarbonyl (C=S) groups is 1. The highest BCUT2D eigenvalue weighted by Crippen LogP contribution is 2.25. The third-order valence-electron chi connectivity index (χ3n) is 2.00. The molecule has 0 spiro atoms. The van der Waals surface area contributed by atoms with E-state index in [-0.39, 0.29) is 11.8 Å². The highest BCUT2D eigenvalue weighted by atomic mass is 32.1. The molecule has 0 saturated carbocycles. The average Bonchev–Trinajstić information content (AvgIpc) is 2.28. The maximum Gasteiger partial charge on any atom is 0.187 e. The summed E-state index contributed by atoms with van der Waals surface area (Å²) in [6.07, 6.45) is 1.56. The minimum absolute atomic E-state index is 0.0735. The second kappa shape index (κ2) is 6.80. The Morgan fingerprint density at radius 2 is 2.22 bits per heavy atom. The third kappa shape index (κ3) is 4.58. The molecule has 18 heavy (non-hydrogen) atoms. The van der Waals surface area contributed by atoms with Crippen molar-refractivity contribution in [1.29, 1.82) is 0 Å². The van der Waals surface area contributed by atoms with Gasteiger partial charge in [-0.2, -0.15) is 5.10 Å². The molecule has 0 aromatic heterocycles. The van der Waals surface area contributed by atoms with Gasteiger partial charge in [0, 0.05) is 6.04 Å². The summed E-state index contributed by atoms with van der Waals surface area (Å²) in [4.78, 5) is 0. The van der Waals surface area contributed by atoms with Gasteiger partial charge in [0.05, 0.1) is 13.3 Å². The molecular formula is C12H17N3O2S. The summed E-state index contributed by atoms with van der Waals surface area (Å²) in [6.45, 7) is 3.97. The molecule has 0 radical (unpaired) electrons. The van der Waals surface area contributed by atoms with Gasteiger partial charge < -0.3 is 15.2 Å². The SMILES string of the molecule is COc1ccc(/C=N\NC(=S)NC(C)C)cc1O. The Morgan fingerprint density at radius 3 is 2.78 bits per heavy atom. The Morgan fingerprint density at radius 1 is 1.50 bits per heavy atom. The largest absolute Gasteiger partial charge is 0.504 e. The first kappa shape index (κ1) is 14.2. The molecule has 0 aliphatic heterocycles. The summed E-state index contributed by atoms with van der Waals surface area (Å²) < 4.78 is 4.95. The van der Waals surface area contributed by atoms with Crippen LogP contribution in [-0.2, 0) is 0 Å². The highest BCUT2D eigenvalue weighted by Gasteiger charge is 2.00. The minimum atomic E-state index is 0.0735. The Kier molecular flexibility index (Phi) is 5.38. The number of benzene rings is 1. The standard InChI is InChI=1S/C12H17N3O2S/c1-8(2)14-12(18)15-13-7-9-4-5-11(17-3)10(16)6-9/h4-8,16H,1-3H3,(H2,14,15,18)/b13-7-. The van der Waals surface area contributed by atoms with E-state index in [1.807, 2.05) is 13.8 Å². The fourth-order valence-corrected chi connectivity index (χ4v) is 1.54. The molecule has 0 atom stereocenters. The summed E-state index contributed by atoms with van der Waals surface area (Å²) in [5, 5.41) is 17.0. The lowest BCUT2D eigenvalue weighted by Crippen LogP contribution is -2.36. The van der Waals surface area contributed by atoms with Crippen LogP contribution in [0.2, 0.25) is 0 Å². The van der Waals surface area contributed by atoms with Crippen LogP contribution in [0.15, 0.2) is 23.3 Å². The van der Waals surface area contributed by atoms with Gasteiger partial charge in [0.15, 0.2) is 16.6 Å². The average molecular weight is 267 g/mol. The Balaban J connectivity index is 2.57. The van der Waals surface area contributed by atoms with E-state index in [9.17, 15) is 5.11 Å². The van der Waals surface area contributed by atoms with Crippen LogP contribution in [0.1, 0.15) is 19.4 Å². The number of phenolic OH excluding ortho intramolecular Hbond substituents is 1. The molecule has 0 aliphatic carbocycles. The fraction of sp³-hybridized carbons (Fsp3) is 0.333. The molecule has 0 bridgehead atoms. The van der Waals surface area contributed by atoms with E-state index < -0.39 is 0 Å². The van der Waals surface area contributed by atoms with Crippen molar-refractivity contribution in [1.82, 2.24) is 10.7 Å². The quantitative estimate of drug-likeness (QED) is 0.439. The second-order valence-electron chi connectivity index (χ2n) is 3.93. The van der Waals surface area contributed by atoms with Crippen LogP contribution in [0.3, 0.4) is 0 Å². The van der Waals surface area contributed by atoms with E-state index >= 15 is 0 Å². The number of nitrogens with zero attached hydrogens (tertiary/aromatic N) is 1. The normalized spacial score (nSPS) is 10.7. The van der Waals surface area contributed by atoms with Crippen molar-refractivity contribution in [2.24, 2.45) is 5.10 Å². The first-order valence-electron chi connectivity index (χ1n) is 5.49. The van der Waals surface area contributed by atoms with Crippen LogP contribution in [0, 0.1) is 0 Å². The van der Waals surface area contributed by atoms with Gasteiger partial charge in [0.25, 0.3) is 0 Å². The van der Waals surface area contributed by atoms with Crippen molar-refractivity contribution in [3.8, 4) is 11.5 Å². The van der Waals surface area contributed by atoms with E-state index in [1.54, 1.807) is 24.4 Å². The van der Waals surface area contributed by atoms with Gasteiger partial charge in [-0.3, -0.25) is 5.43 Å². The van der Waals surface area contributed by atoms with Crippen molar-refractivity contribution in [3.05, 3.63) is 23.8 Å². The van der Waals surface area contributed by atoms with Gasteiger partial charge in [-0.05, 0) is 49.8 Å². The van der Waals surface area contributed by atoms with Crippen LogP contribution < -0.4 is 15.5 Å². The number of methoxy groups -OCH3 is 1. The molecule has 0 amide bonds. The molecule has 0 aliphatic rings. The molecule has 0 fully saturated rings. The Bertz CT molecular complexity index is 447. The van der Waals surface area contributed by atoms with Gasteiger partial charge in [0.1, 0.15) is 0 Å². The van der Waals surface area contributed by atoms with E-state index in [0.29, 0.717) is 10.9 Å². The molecule has 98 valence electrons. The maximum absolute atomic E-state index is 9.57. The first-order valence-corrected chi connectivity index (χ1v) is 5.90. The van der Waals surface area contributed by atoms with Crippen LogP contribution in [-0.4, -0.2) is 29.6 Å². The van der Waals surface area contributed by atoms with E-state index in [0.717, 1.165) is 5.56 Å². The number of phenols is 1. The van der Waals surface area contributed by atoms with Crippen LogP contribution in [0.25, 0.3) is 0 Å². The molecule has 1 aromatic carbocycles. The fourth-order valence-electron chi connectivity index (χ4n) is 1.25. The molecule has 3 N–H and O–H groups in total. The number of nitrogens with one attached hydrogen (secondary N) is 2. The molecule has 5 nitrogen and oxygen atoms in total. The number of rotatable bonds is 4. The molecule has 0 heterocycles. The molecule has 1 aromatic rings. The summed E-state index contributed by atoms with van der Waals surface area (Å²) in [6, 6.07) is 5.26. The predicted octanol–water partition coefficient (Wildman–Crippen LogP) is 1.61. The first-order chi connectivity index (χ1) is 8.52. The summed E-state index contributed by atoms with van der Waals surface area (Å²) in [5.41, 5.74) is 3.43. The van der Waals surface area contributed by atoms with Crippen LogP contribution in [0.5, 0.6) is 11.5 Å². The summed E-state index contributed by atoms with van der Waals surface area (Å²) in [7, 11) is 1.50. The van der Waals surface area contributed by atoms with Gasteiger partial charge >= 0.3 is 0 Å². The zero-order valence-corrected chi connectivity index (χ0v) is 11.4. The summed E-state index contributed by atoms with van der Waals surface area (Å²) >= 11 is 5.01. The smallest absolute Gasteiger partial charge is 0.187 e. The lowest BCUT2D eigenvalue weighted by atomic mass is 10.2. The molecular weight excluding hydrogens is 250 g/mol. The zero-order chi connectivity index (χ0) is 13.5. The number of hydrogen-bond acceptors (Lipinski definition) is 4. The third-order valence-corrected chi connectivity index (χ3v) is 2.21. The number of ether oxygens (including phenoxy) is 1. The predicted molar refractivity (Wildman–Crippen MR) is 76.3 cm³/mol. The van der Waals surface area contributed by atoms with Crippen LogP contribution >= 0.6 is 12.2 Å². The molecule has 6 heteroatoms. The number of hydrogen-bond donors (Lipinski definition) is 3. The topological polar surface area (TPSA) is 65.9 Å². The van der Waals surface area contributed by atoms with Crippen LogP contribution in [0.4, 0.5) is 0 Å². The molecule has 0 saturated heterocycles. The minimum Gasteiger partial charge on any atom is -0.504 e. The van der Waals surface area contributed by atoms with Crippen molar-refractivity contribution in [2.45, 2.75) is 19.9 Å². The van der Waals surface area contributed by atoms with Crippen molar-refractivity contribution >= 4 is 23.5 Å². The van der Waals surface area contributed by atoms with Gasteiger partial charge in [0.2, 0.25) is 0 Å². The van der Waals surface area contributed by atoms with E-state index in [1.165, 1.54) is 7.11 Å². The monoisotopic (exact) mass is 267 g/mol. The Labute approximate surface area is 112 Å². The Hall–Kier alpha value is -1.82. The maximum atomic E-state index is 9.57. The van der Waals surface area contributed by atoms with Crippen molar-refractivity contribution < 1.29 is 9.84 Å². The van der Waals surface area contributed by atoms with Crippen molar-refractivity contribution in [3.63, 3.8) is 0 Å². The van der Waals surface area contributed by atoms with Crippen molar-refractivity contribution in [2.75, 3.05) is 7.11 Å². The lowest BCUT2D eigenvalue weighted by Gasteiger charge is -2.09. The van der Waals surface area contributed by atoms with E-state index in [2.05, 4.69) is 15.8 Å². The second-order valence-corrected chi connectivity index (χ2v) is 4.34. The van der Waals surface area contributed by atoms with Gasteiger partial charge in [-0.1, -0.05) is 0 Å². The summed E-state index contributed by atoms with van der Waals surface area (Å²) in [5.74, 6) is 0.501. The van der Waals surface area contributed by atoms with Gasteiger partial charge in [-0.15, -0.1) is 0 Å². The number of aromatic hydroxyl groups is 1. The lowest BCUT2D eigenvalue weighted by molar-refractivity contribution is 0.373. The molecule has 0 unspecified atom stereocenters. The number of hydrazone groups is 1. The molecule has 1 rings (SSSR count). The highest BCUT2D eigenvalue weighted by molar-refractivity contribution is 7.80.